The van der Waals surface area contributed by atoms with Crippen LogP contribution in [0.5, 0.6) is 0 Å². The van der Waals surface area contributed by atoms with Crippen molar-refractivity contribution < 1.29 is 0 Å². The molecule has 0 bridgehead atoms. The number of aromatic nitrogens is 1. The summed E-state index contributed by atoms with van der Waals surface area (Å²) in [4.78, 5) is 5.68. The molecule has 1 saturated carbocycles. The van der Waals surface area contributed by atoms with Crippen molar-refractivity contribution in [3.8, 4) is 0 Å². The van der Waals surface area contributed by atoms with E-state index in [1.807, 2.05) is 13.2 Å². The molecule has 1 aliphatic rings. The molecule has 60 valence electrons. The maximum Gasteiger partial charge on any atom is 0.182 e. The van der Waals surface area contributed by atoms with E-state index in [9.17, 15) is 0 Å². The summed E-state index contributed by atoms with van der Waals surface area (Å²) in [5.41, 5.74) is 0. The van der Waals surface area contributed by atoms with Crippen molar-refractivity contribution in [3.05, 3.63) is 11.1 Å². The number of thiazole rings is 1. The van der Waals surface area contributed by atoms with Gasteiger partial charge >= 0.3 is 0 Å². The van der Waals surface area contributed by atoms with Crippen LogP contribution in [0.25, 0.3) is 0 Å². The van der Waals surface area contributed by atoms with Crippen LogP contribution in [-0.2, 0) is 0 Å². The van der Waals surface area contributed by atoms with Gasteiger partial charge in [0.2, 0.25) is 0 Å². The van der Waals surface area contributed by atoms with Crippen molar-refractivity contribution in [2.75, 3.05) is 12.4 Å². The summed E-state index contributed by atoms with van der Waals surface area (Å²) in [5.74, 6) is 1.70. The van der Waals surface area contributed by atoms with E-state index in [2.05, 4.69) is 17.2 Å². The number of anilines is 1. The van der Waals surface area contributed by atoms with Gasteiger partial charge in [-0.1, -0.05) is 6.92 Å². The molecular weight excluding hydrogens is 156 g/mol. The van der Waals surface area contributed by atoms with E-state index in [4.69, 9.17) is 0 Å². The summed E-state index contributed by atoms with van der Waals surface area (Å²) in [6.45, 7) is 2.30. The quantitative estimate of drug-likeness (QED) is 0.733. The van der Waals surface area contributed by atoms with Gasteiger partial charge in [0, 0.05) is 18.1 Å². The Labute approximate surface area is 70.7 Å². The first-order chi connectivity index (χ1) is 5.31. The van der Waals surface area contributed by atoms with Crippen molar-refractivity contribution >= 4 is 16.5 Å². The van der Waals surface area contributed by atoms with Crippen LogP contribution in [0.3, 0.4) is 0 Å². The second-order valence-corrected chi connectivity index (χ2v) is 4.20. The Bertz CT molecular complexity index is 256. The van der Waals surface area contributed by atoms with E-state index in [-0.39, 0.29) is 0 Å². The first kappa shape index (κ1) is 7.10. The molecule has 3 heteroatoms. The summed E-state index contributed by atoms with van der Waals surface area (Å²) in [6.07, 6.45) is 3.36. The van der Waals surface area contributed by atoms with Crippen LogP contribution in [0.1, 0.15) is 24.1 Å². The Balaban J connectivity index is 2.13. The van der Waals surface area contributed by atoms with E-state index in [1.54, 1.807) is 11.3 Å². The first-order valence-corrected chi connectivity index (χ1v) is 4.76. The summed E-state index contributed by atoms with van der Waals surface area (Å²) < 4.78 is 0. The van der Waals surface area contributed by atoms with Crippen molar-refractivity contribution in [1.82, 2.24) is 4.98 Å². The van der Waals surface area contributed by atoms with Gasteiger partial charge in [-0.3, -0.25) is 0 Å². The summed E-state index contributed by atoms with van der Waals surface area (Å²) >= 11 is 1.78. The number of rotatable bonds is 2. The van der Waals surface area contributed by atoms with Crippen LogP contribution < -0.4 is 5.32 Å². The zero-order valence-electron chi connectivity index (χ0n) is 6.79. The average Bonchev–Trinajstić information content (AvgIpc) is 2.59. The molecule has 1 fully saturated rings. The van der Waals surface area contributed by atoms with E-state index in [0.717, 1.165) is 17.0 Å². The lowest BCUT2D eigenvalue weighted by Gasteiger charge is -1.88. The Morgan fingerprint density at radius 3 is 2.91 bits per heavy atom. The maximum absolute atomic E-state index is 4.24. The van der Waals surface area contributed by atoms with Crippen LogP contribution in [0, 0.1) is 5.92 Å². The smallest absolute Gasteiger partial charge is 0.182 e. The average molecular weight is 168 g/mol. The first-order valence-electron chi connectivity index (χ1n) is 3.94. The van der Waals surface area contributed by atoms with Gasteiger partial charge in [-0.05, 0) is 18.3 Å². The largest absolute Gasteiger partial charge is 0.365 e. The predicted octanol–water partition coefficient (Wildman–Crippen LogP) is 2.31. The highest BCUT2D eigenvalue weighted by Gasteiger charge is 2.35. The number of nitrogens with one attached hydrogen (secondary N) is 1. The molecule has 0 amide bonds. The van der Waals surface area contributed by atoms with Crippen LogP contribution in [-0.4, -0.2) is 12.0 Å². The van der Waals surface area contributed by atoms with Crippen molar-refractivity contribution in [2.45, 2.75) is 19.3 Å². The highest BCUT2D eigenvalue weighted by molar-refractivity contribution is 7.15. The predicted molar refractivity (Wildman–Crippen MR) is 48.2 cm³/mol. The zero-order chi connectivity index (χ0) is 7.84. The lowest BCUT2D eigenvalue weighted by atomic mass is 10.3. The summed E-state index contributed by atoms with van der Waals surface area (Å²) in [5, 5.41) is 4.09. The minimum absolute atomic E-state index is 0.814. The lowest BCUT2D eigenvalue weighted by Crippen LogP contribution is -1.83. The molecule has 1 aliphatic carbocycles. The Morgan fingerprint density at radius 2 is 2.45 bits per heavy atom. The molecular formula is C8H12N2S. The molecule has 0 aromatic carbocycles. The topological polar surface area (TPSA) is 24.9 Å². The van der Waals surface area contributed by atoms with Crippen LogP contribution in [0.15, 0.2) is 6.20 Å². The van der Waals surface area contributed by atoms with Crippen molar-refractivity contribution in [3.63, 3.8) is 0 Å². The van der Waals surface area contributed by atoms with Crippen molar-refractivity contribution in [2.24, 2.45) is 5.92 Å². The fourth-order valence-corrected chi connectivity index (χ4v) is 2.31. The minimum Gasteiger partial charge on any atom is -0.365 e. The molecule has 1 heterocycles. The van der Waals surface area contributed by atoms with E-state index in [0.29, 0.717) is 0 Å². The molecule has 1 aromatic heterocycles. The van der Waals surface area contributed by atoms with Gasteiger partial charge in [0.15, 0.2) is 5.13 Å². The highest BCUT2D eigenvalue weighted by Crippen LogP contribution is 2.49. The van der Waals surface area contributed by atoms with Crippen LogP contribution in [0.4, 0.5) is 5.13 Å². The van der Waals surface area contributed by atoms with E-state index >= 15 is 0 Å². The van der Waals surface area contributed by atoms with Gasteiger partial charge in [-0.25, -0.2) is 4.98 Å². The second-order valence-electron chi connectivity index (χ2n) is 3.14. The normalized spacial score (nSPS) is 28.5. The second kappa shape index (κ2) is 2.48. The molecule has 2 nitrogen and oxygen atoms in total. The molecule has 1 N–H and O–H groups in total. The third kappa shape index (κ3) is 1.25. The standard InChI is InChI=1S/C8H12N2S/c1-5-3-6(5)7-4-10-8(9-2)11-7/h4-6H,3H2,1-2H3,(H,9,10). The molecule has 2 atom stereocenters. The van der Waals surface area contributed by atoms with E-state index in [1.165, 1.54) is 11.3 Å². The zero-order valence-corrected chi connectivity index (χ0v) is 7.61. The molecule has 0 spiro atoms. The lowest BCUT2D eigenvalue weighted by molar-refractivity contribution is 0.924. The summed E-state index contributed by atoms with van der Waals surface area (Å²) in [7, 11) is 1.92. The van der Waals surface area contributed by atoms with Crippen LogP contribution >= 0.6 is 11.3 Å². The molecule has 11 heavy (non-hydrogen) atoms. The minimum atomic E-state index is 0.814. The highest BCUT2D eigenvalue weighted by atomic mass is 32.1. The molecule has 0 aliphatic heterocycles. The van der Waals surface area contributed by atoms with E-state index < -0.39 is 0 Å². The monoisotopic (exact) mass is 168 g/mol. The fourth-order valence-electron chi connectivity index (χ4n) is 1.29. The van der Waals surface area contributed by atoms with Gasteiger partial charge in [0.1, 0.15) is 0 Å². The van der Waals surface area contributed by atoms with Gasteiger partial charge < -0.3 is 5.32 Å². The third-order valence-corrected chi connectivity index (χ3v) is 3.36. The number of hydrogen-bond acceptors (Lipinski definition) is 3. The number of hydrogen-bond donors (Lipinski definition) is 1. The molecule has 0 saturated heterocycles. The Hall–Kier alpha value is -0.570. The molecule has 0 radical (unpaired) electrons. The SMILES string of the molecule is CNc1ncc(C2CC2C)s1. The van der Waals surface area contributed by atoms with Gasteiger partial charge in [-0.15, -0.1) is 11.3 Å². The van der Waals surface area contributed by atoms with Crippen molar-refractivity contribution in [1.29, 1.82) is 0 Å². The van der Waals surface area contributed by atoms with Crippen LogP contribution in [0.2, 0.25) is 0 Å². The Morgan fingerprint density at radius 1 is 1.73 bits per heavy atom. The molecule has 1 aromatic rings. The van der Waals surface area contributed by atoms with Gasteiger partial charge in [0.25, 0.3) is 0 Å². The van der Waals surface area contributed by atoms with Gasteiger partial charge in [0.05, 0.1) is 0 Å². The molecule has 2 unspecified atom stereocenters. The van der Waals surface area contributed by atoms with Gasteiger partial charge in [-0.2, -0.15) is 0 Å². The Kier molecular flexibility index (Phi) is 1.60. The molecule has 2 rings (SSSR count). The fraction of sp³-hybridized carbons (Fsp3) is 0.625. The summed E-state index contributed by atoms with van der Waals surface area (Å²) in [6, 6.07) is 0. The maximum atomic E-state index is 4.24. The third-order valence-electron chi connectivity index (χ3n) is 2.21. The number of nitrogens with zero attached hydrogens (tertiary/aromatic N) is 1.